The van der Waals surface area contributed by atoms with Crippen molar-refractivity contribution in [3.63, 3.8) is 0 Å². The van der Waals surface area contributed by atoms with Crippen molar-refractivity contribution in [1.82, 2.24) is 15.1 Å². The summed E-state index contributed by atoms with van der Waals surface area (Å²) in [6.45, 7) is 5.56. The first-order valence-corrected chi connectivity index (χ1v) is 5.09. The van der Waals surface area contributed by atoms with Gasteiger partial charge >= 0.3 is 0 Å². The summed E-state index contributed by atoms with van der Waals surface area (Å²) in [6, 6.07) is 0.634. The fourth-order valence-corrected chi connectivity index (χ4v) is 1.27. The Balaban J connectivity index is 3.48. The Morgan fingerprint density at radius 3 is 2.08 bits per heavy atom. The highest BCUT2D eigenvalue weighted by molar-refractivity contribution is 4.67. The minimum Gasteiger partial charge on any atom is -0.311 e. The van der Waals surface area contributed by atoms with Crippen LogP contribution in [0.5, 0.6) is 0 Å². The normalized spacial score (nSPS) is 14.1. The molecule has 0 aromatic heterocycles. The Morgan fingerprint density at radius 2 is 1.69 bits per heavy atom. The number of likely N-dealkylation sites (N-methyl/N-ethyl adjacent to an activating group) is 2. The van der Waals surface area contributed by atoms with Crippen LogP contribution >= 0.6 is 0 Å². The summed E-state index contributed by atoms with van der Waals surface area (Å²) in [6.07, 6.45) is 1.20. The minimum absolute atomic E-state index is 0.634. The number of rotatable bonds is 7. The van der Waals surface area contributed by atoms with Crippen LogP contribution in [0.2, 0.25) is 0 Å². The van der Waals surface area contributed by atoms with E-state index >= 15 is 0 Å². The van der Waals surface area contributed by atoms with Crippen LogP contribution in [0.1, 0.15) is 13.3 Å². The molecule has 0 heterocycles. The van der Waals surface area contributed by atoms with Crippen LogP contribution in [0.3, 0.4) is 0 Å². The van der Waals surface area contributed by atoms with Gasteiger partial charge in [-0.25, -0.2) is 0 Å². The van der Waals surface area contributed by atoms with Gasteiger partial charge in [0.1, 0.15) is 0 Å². The van der Waals surface area contributed by atoms with E-state index in [4.69, 9.17) is 0 Å². The van der Waals surface area contributed by atoms with Crippen molar-refractivity contribution in [2.75, 3.05) is 47.8 Å². The van der Waals surface area contributed by atoms with Gasteiger partial charge < -0.3 is 15.1 Å². The lowest BCUT2D eigenvalue weighted by atomic mass is 10.2. The van der Waals surface area contributed by atoms with E-state index in [2.05, 4.69) is 50.2 Å². The van der Waals surface area contributed by atoms with E-state index < -0.39 is 0 Å². The molecule has 13 heavy (non-hydrogen) atoms. The van der Waals surface area contributed by atoms with Gasteiger partial charge in [-0.1, -0.05) is 6.92 Å². The molecule has 1 N–H and O–H groups in total. The van der Waals surface area contributed by atoms with Crippen LogP contribution < -0.4 is 5.32 Å². The van der Waals surface area contributed by atoms with E-state index in [1.165, 1.54) is 6.42 Å². The van der Waals surface area contributed by atoms with E-state index in [1.807, 2.05) is 0 Å². The topological polar surface area (TPSA) is 18.5 Å². The van der Waals surface area contributed by atoms with E-state index in [-0.39, 0.29) is 0 Å². The van der Waals surface area contributed by atoms with Gasteiger partial charge in [0.2, 0.25) is 0 Å². The molecule has 3 heteroatoms. The van der Waals surface area contributed by atoms with Crippen molar-refractivity contribution < 1.29 is 0 Å². The molecule has 80 valence electrons. The van der Waals surface area contributed by atoms with Crippen molar-refractivity contribution in [3.05, 3.63) is 0 Å². The Bertz CT molecular complexity index is 113. The molecular weight excluding hydrogens is 162 g/mol. The maximum Gasteiger partial charge on any atom is 0.0192 e. The third kappa shape index (κ3) is 8.22. The molecule has 0 aliphatic heterocycles. The standard InChI is InChI=1S/C10H25N3/c1-6-10(9-13(4)5)11-7-8-12(2)3/h10-11H,6-9H2,1-5H3. The second kappa shape index (κ2) is 7.30. The summed E-state index contributed by atoms with van der Waals surface area (Å²) in [5.74, 6) is 0. The lowest BCUT2D eigenvalue weighted by Crippen LogP contribution is -2.40. The number of nitrogens with one attached hydrogen (secondary N) is 1. The quantitative estimate of drug-likeness (QED) is 0.625. The molecule has 0 fully saturated rings. The summed E-state index contributed by atoms with van der Waals surface area (Å²) in [4.78, 5) is 4.44. The molecular formula is C10H25N3. The van der Waals surface area contributed by atoms with E-state index in [1.54, 1.807) is 0 Å². The molecule has 0 saturated heterocycles. The fourth-order valence-electron chi connectivity index (χ4n) is 1.27. The van der Waals surface area contributed by atoms with E-state index in [9.17, 15) is 0 Å². The van der Waals surface area contributed by atoms with Gasteiger partial charge in [-0.2, -0.15) is 0 Å². The molecule has 0 spiro atoms. The van der Waals surface area contributed by atoms with Gasteiger partial charge in [0, 0.05) is 25.7 Å². The molecule has 3 nitrogen and oxygen atoms in total. The monoisotopic (exact) mass is 187 g/mol. The van der Waals surface area contributed by atoms with Crippen LogP contribution in [-0.2, 0) is 0 Å². The van der Waals surface area contributed by atoms with Gasteiger partial charge in [-0.05, 0) is 34.6 Å². The maximum atomic E-state index is 3.55. The smallest absolute Gasteiger partial charge is 0.0192 e. The zero-order valence-corrected chi connectivity index (χ0v) is 9.80. The molecule has 0 bridgehead atoms. The summed E-state index contributed by atoms with van der Waals surface area (Å²) in [5, 5.41) is 3.55. The average molecular weight is 187 g/mol. The highest BCUT2D eigenvalue weighted by Gasteiger charge is 2.05. The molecule has 0 amide bonds. The first-order chi connectivity index (χ1) is 6.06. The average Bonchev–Trinajstić information content (AvgIpc) is 2.01. The summed E-state index contributed by atoms with van der Waals surface area (Å²) >= 11 is 0. The second-order valence-corrected chi connectivity index (χ2v) is 4.12. The third-order valence-corrected chi connectivity index (χ3v) is 2.07. The minimum atomic E-state index is 0.634. The van der Waals surface area contributed by atoms with Gasteiger partial charge in [-0.3, -0.25) is 0 Å². The van der Waals surface area contributed by atoms with Gasteiger partial charge in [0.25, 0.3) is 0 Å². The van der Waals surface area contributed by atoms with Crippen LogP contribution in [0.4, 0.5) is 0 Å². The lowest BCUT2D eigenvalue weighted by Gasteiger charge is -2.21. The number of hydrogen-bond donors (Lipinski definition) is 1. The maximum absolute atomic E-state index is 3.55. The summed E-state index contributed by atoms with van der Waals surface area (Å²) < 4.78 is 0. The Hall–Kier alpha value is -0.120. The Morgan fingerprint density at radius 1 is 1.08 bits per heavy atom. The number of nitrogens with zero attached hydrogens (tertiary/aromatic N) is 2. The molecule has 0 aromatic rings. The first kappa shape index (κ1) is 12.9. The van der Waals surface area contributed by atoms with Crippen molar-refractivity contribution in [2.24, 2.45) is 0 Å². The predicted molar refractivity (Wildman–Crippen MR) is 59.2 cm³/mol. The van der Waals surface area contributed by atoms with Gasteiger partial charge in [0.15, 0.2) is 0 Å². The SMILES string of the molecule is CCC(CN(C)C)NCCN(C)C. The highest BCUT2D eigenvalue weighted by Crippen LogP contribution is 1.92. The highest BCUT2D eigenvalue weighted by atomic mass is 15.1. The van der Waals surface area contributed by atoms with E-state index in [0.717, 1.165) is 19.6 Å². The first-order valence-electron chi connectivity index (χ1n) is 5.09. The molecule has 1 atom stereocenters. The molecule has 1 unspecified atom stereocenters. The summed E-state index contributed by atoms with van der Waals surface area (Å²) in [5.41, 5.74) is 0. The molecule has 0 aliphatic carbocycles. The lowest BCUT2D eigenvalue weighted by molar-refractivity contribution is 0.316. The van der Waals surface area contributed by atoms with Gasteiger partial charge in [0.05, 0.1) is 0 Å². The van der Waals surface area contributed by atoms with Crippen LogP contribution in [0.15, 0.2) is 0 Å². The largest absolute Gasteiger partial charge is 0.311 e. The third-order valence-electron chi connectivity index (χ3n) is 2.07. The molecule has 0 aromatic carbocycles. The van der Waals surface area contributed by atoms with E-state index in [0.29, 0.717) is 6.04 Å². The van der Waals surface area contributed by atoms with Crippen molar-refractivity contribution in [2.45, 2.75) is 19.4 Å². The van der Waals surface area contributed by atoms with Crippen molar-refractivity contribution in [3.8, 4) is 0 Å². The van der Waals surface area contributed by atoms with Crippen LogP contribution in [-0.4, -0.2) is 63.7 Å². The van der Waals surface area contributed by atoms with Crippen LogP contribution in [0, 0.1) is 0 Å². The molecule has 0 saturated carbocycles. The molecule has 0 radical (unpaired) electrons. The Kier molecular flexibility index (Phi) is 7.23. The van der Waals surface area contributed by atoms with Crippen molar-refractivity contribution in [1.29, 1.82) is 0 Å². The molecule has 0 rings (SSSR count). The predicted octanol–water partition coefficient (Wildman–Crippen LogP) is 0.478. The zero-order chi connectivity index (χ0) is 10.3. The molecule has 0 aliphatic rings. The summed E-state index contributed by atoms with van der Waals surface area (Å²) in [7, 11) is 8.45. The van der Waals surface area contributed by atoms with Crippen molar-refractivity contribution >= 4 is 0 Å². The zero-order valence-electron chi connectivity index (χ0n) is 9.80. The Labute approximate surface area is 83.1 Å². The van der Waals surface area contributed by atoms with Gasteiger partial charge in [-0.15, -0.1) is 0 Å². The second-order valence-electron chi connectivity index (χ2n) is 4.12. The number of hydrogen-bond acceptors (Lipinski definition) is 3. The fraction of sp³-hybridized carbons (Fsp3) is 1.00. The van der Waals surface area contributed by atoms with Crippen LogP contribution in [0.25, 0.3) is 0 Å².